The number of rotatable bonds is 4. The number of hydrogen-bond donors (Lipinski definition) is 1. The number of aryl methyl sites for hydroxylation is 1. The molecular formula is C15H16BrClN2. The van der Waals surface area contributed by atoms with E-state index >= 15 is 0 Å². The molecule has 0 radical (unpaired) electrons. The summed E-state index contributed by atoms with van der Waals surface area (Å²) in [5.41, 5.74) is 3.55. The van der Waals surface area contributed by atoms with E-state index < -0.39 is 0 Å². The zero-order valence-electron chi connectivity index (χ0n) is 11.0. The number of nitrogens with zero attached hydrogens (tertiary/aromatic N) is 1. The molecule has 100 valence electrons. The van der Waals surface area contributed by atoms with Gasteiger partial charge in [-0.15, -0.1) is 0 Å². The Hall–Kier alpha value is -1.06. The van der Waals surface area contributed by atoms with Crippen LogP contribution in [0, 0.1) is 0 Å². The van der Waals surface area contributed by atoms with Crippen LogP contribution in [0.25, 0.3) is 0 Å². The summed E-state index contributed by atoms with van der Waals surface area (Å²) in [7, 11) is 0. The minimum Gasteiger partial charge on any atom is -0.377 e. The van der Waals surface area contributed by atoms with Crippen LogP contribution in [0.4, 0.5) is 5.69 Å². The van der Waals surface area contributed by atoms with Gasteiger partial charge in [0.05, 0.1) is 16.4 Å². The van der Waals surface area contributed by atoms with E-state index in [1.165, 1.54) is 11.1 Å². The van der Waals surface area contributed by atoms with E-state index in [0.717, 1.165) is 16.6 Å². The van der Waals surface area contributed by atoms with Gasteiger partial charge in [0.25, 0.3) is 0 Å². The molecule has 0 saturated heterocycles. The van der Waals surface area contributed by atoms with Crippen molar-refractivity contribution in [2.24, 2.45) is 0 Å². The Bertz CT molecular complexity index is 555. The Morgan fingerprint density at radius 2 is 2.00 bits per heavy atom. The first-order valence-electron chi connectivity index (χ1n) is 6.26. The molecule has 19 heavy (non-hydrogen) atoms. The van der Waals surface area contributed by atoms with Crippen molar-refractivity contribution in [2.45, 2.75) is 26.3 Å². The number of benzene rings is 1. The predicted octanol–water partition coefficient (Wildman–Crippen LogP) is 5.23. The average Bonchev–Trinajstić information content (AvgIpc) is 2.43. The highest BCUT2D eigenvalue weighted by molar-refractivity contribution is 9.10. The van der Waals surface area contributed by atoms with Crippen LogP contribution in [0.2, 0.25) is 5.15 Å². The molecule has 2 nitrogen and oxygen atoms in total. The van der Waals surface area contributed by atoms with Crippen molar-refractivity contribution in [3.8, 4) is 0 Å². The second-order valence-corrected chi connectivity index (χ2v) is 5.67. The van der Waals surface area contributed by atoms with Gasteiger partial charge in [0.15, 0.2) is 0 Å². The van der Waals surface area contributed by atoms with Crippen molar-refractivity contribution in [1.29, 1.82) is 0 Å². The first-order chi connectivity index (χ1) is 9.10. The van der Waals surface area contributed by atoms with E-state index in [1.54, 1.807) is 6.20 Å². The summed E-state index contributed by atoms with van der Waals surface area (Å²) >= 11 is 9.26. The molecule has 1 atom stereocenters. The van der Waals surface area contributed by atoms with E-state index in [-0.39, 0.29) is 6.04 Å². The number of pyridine rings is 1. The predicted molar refractivity (Wildman–Crippen MR) is 84.8 cm³/mol. The van der Waals surface area contributed by atoms with Crippen molar-refractivity contribution in [1.82, 2.24) is 4.98 Å². The van der Waals surface area contributed by atoms with E-state index in [4.69, 9.17) is 11.6 Å². The molecule has 1 aromatic heterocycles. The quantitative estimate of drug-likeness (QED) is 0.771. The minimum absolute atomic E-state index is 0.223. The summed E-state index contributed by atoms with van der Waals surface area (Å²) in [6, 6.07) is 10.8. The van der Waals surface area contributed by atoms with Crippen LogP contribution in [0.15, 0.2) is 41.0 Å². The molecule has 1 N–H and O–H groups in total. The molecule has 4 heteroatoms. The molecule has 0 spiro atoms. The van der Waals surface area contributed by atoms with Gasteiger partial charge in [0, 0.05) is 6.04 Å². The van der Waals surface area contributed by atoms with Crippen molar-refractivity contribution in [3.05, 3.63) is 57.3 Å². The molecular weight excluding hydrogens is 324 g/mol. The third-order valence-electron chi connectivity index (χ3n) is 3.07. The van der Waals surface area contributed by atoms with Crippen LogP contribution in [0.1, 0.15) is 31.0 Å². The van der Waals surface area contributed by atoms with Crippen molar-refractivity contribution >= 4 is 33.2 Å². The lowest BCUT2D eigenvalue weighted by molar-refractivity contribution is 0.880. The second-order valence-electron chi connectivity index (χ2n) is 4.46. The Kier molecular flexibility index (Phi) is 4.83. The molecule has 0 bridgehead atoms. The van der Waals surface area contributed by atoms with E-state index in [1.807, 2.05) is 6.07 Å². The van der Waals surface area contributed by atoms with Crippen LogP contribution >= 0.6 is 27.5 Å². The maximum absolute atomic E-state index is 5.88. The average molecular weight is 340 g/mol. The number of aromatic nitrogens is 1. The Balaban J connectivity index is 2.10. The molecule has 0 aliphatic carbocycles. The van der Waals surface area contributed by atoms with Gasteiger partial charge >= 0.3 is 0 Å². The largest absolute Gasteiger partial charge is 0.377 e. The van der Waals surface area contributed by atoms with Crippen LogP contribution in [0.5, 0.6) is 0 Å². The Labute approximate surface area is 127 Å². The molecule has 0 fully saturated rings. The molecule has 0 aliphatic heterocycles. The fourth-order valence-electron chi connectivity index (χ4n) is 1.88. The molecule has 1 aromatic carbocycles. The third kappa shape index (κ3) is 3.71. The fraction of sp³-hybridized carbons (Fsp3) is 0.267. The third-order valence-corrected chi connectivity index (χ3v) is 4.20. The van der Waals surface area contributed by atoms with E-state index in [0.29, 0.717) is 5.15 Å². The molecule has 2 aromatic rings. The number of nitrogens with one attached hydrogen (secondary N) is 1. The van der Waals surface area contributed by atoms with Gasteiger partial charge in [-0.05, 0) is 46.5 Å². The zero-order chi connectivity index (χ0) is 13.8. The standard InChI is InChI=1S/C15H16BrClN2/c1-3-11-4-6-12(7-5-11)10(2)19-13-8-14(16)15(17)18-9-13/h4-10,19H,3H2,1-2H3. The highest BCUT2D eigenvalue weighted by Crippen LogP contribution is 2.25. The number of hydrogen-bond acceptors (Lipinski definition) is 2. The van der Waals surface area contributed by atoms with Crippen LogP contribution < -0.4 is 5.32 Å². The number of anilines is 1. The maximum Gasteiger partial charge on any atom is 0.143 e. The van der Waals surface area contributed by atoms with Gasteiger partial charge < -0.3 is 5.32 Å². The van der Waals surface area contributed by atoms with Gasteiger partial charge in [0.1, 0.15) is 5.15 Å². The molecule has 1 unspecified atom stereocenters. The van der Waals surface area contributed by atoms with Crippen molar-refractivity contribution < 1.29 is 0 Å². The van der Waals surface area contributed by atoms with Crippen molar-refractivity contribution in [3.63, 3.8) is 0 Å². The zero-order valence-corrected chi connectivity index (χ0v) is 13.3. The highest BCUT2D eigenvalue weighted by Gasteiger charge is 2.07. The molecule has 1 heterocycles. The lowest BCUT2D eigenvalue weighted by atomic mass is 10.0. The molecule has 2 rings (SSSR count). The molecule has 0 saturated carbocycles. The Morgan fingerprint density at radius 3 is 2.58 bits per heavy atom. The van der Waals surface area contributed by atoms with E-state index in [2.05, 4.69) is 64.3 Å². The smallest absolute Gasteiger partial charge is 0.143 e. The first-order valence-corrected chi connectivity index (χ1v) is 7.43. The summed E-state index contributed by atoms with van der Waals surface area (Å²) in [6.07, 6.45) is 2.81. The number of halogens is 2. The lowest BCUT2D eigenvalue weighted by Crippen LogP contribution is -2.07. The maximum atomic E-state index is 5.88. The summed E-state index contributed by atoms with van der Waals surface area (Å²) in [5, 5.41) is 3.89. The topological polar surface area (TPSA) is 24.9 Å². The summed E-state index contributed by atoms with van der Waals surface area (Å²) in [6.45, 7) is 4.29. The summed E-state index contributed by atoms with van der Waals surface area (Å²) < 4.78 is 0.799. The fourth-order valence-corrected chi connectivity index (χ4v) is 2.33. The summed E-state index contributed by atoms with van der Waals surface area (Å²) in [4.78, 5) is 4.11. The van der Waals surface area contributed by atoms with Gasteiger partial charge in [-0.2, -0.15) is 0 Å². The molecule has 0 aliphatic rings. The normalized spacial score (nSPS) is 12.2. The lowest BCUT2D eigenvalue weighted by Gasteiger charge is -2.16. The first kappa shape index (κ1) is 14.4. The monoisotopic (exact) mass is 338 g/mol. The Morgan fingerprint density at radius 1 is 1.32 bits per heavy atom. The van der Waals surface area contributed by atoms with Crippen LogP contribution in [-0.2, 0) is 6.42 Å². The van der Waals surface area contributed by atoms with Gasteiger partial charge in [0.2, 0.25) is 0 Å². The van der Waals surface area contributed by atoms with E-state index in [9.17, 15) is 0 Å². The van der Waals surface area contributed by atoms with Crippen LogP contribution in [0.3, 0.4) is 0 Å². The van der Waals surface area contributed by atoms with Gasteiger partial charge in [-0.25, -0.2) is 4.98 Å². The summed E-state index contributed by atoms with van der Waals surface area (Å²) in [5.74, 6) is 0. The van der Waals surface area contributed by atoms with Crippen molar-refractivity contribution in [2.75, 3.05) is 5.32 Å². The molecule has 0 amide bonds. The van der Waals surface area contributed by atoms with Gasteiger partial charge in [-0.3, -0.25) is 0 Å². The van der Waals surface area contributed by atoms with Gasteiger partial charge in [-0.1, -0.05) is 42.8 Å². The second kappa shape index (κ2) is 6.40. The van der Waals surface area contributed by atoms with Crippen LogP contribution in [-0.4, -0.2) is 4.98 Å². The SMILES string of the molecule is CCc1ccc(C(C)Nc2cnc(Cl)c(Br)c2)cc1. The minimum atomic E-state index is 0.223. The highest BCUT2D eigenvalue weighted by atomic mass is 79.9.